The number of nitrogens with zero attached hydrogens (tertiary/aromatic N) is 2. The number of aromatic nitrogens is 3. The molecule has 0 radical (unpaired) electrons. The highest BCUT2D eigenvalue weighted by molar-refractivity contribution is 7.09. The number of esters is 1. The Kier molecular flexibility index (Phi) is 5.81. The largest absolute Gasteiger partial charge is 0.461 e. The van der Waals surface area contributed by atoms with E-state index in [2.05, 4.69) is 9.97 Å². The summed E-state index contributed by atoms with van der Waals surface area (Å²) >= 11 is 1.26. The molecular weight excluding hydrogens is 450 g/mol. The molecule has 0 spiro atoms. The van der Waals surface area contributed by atoms with Crippen molar-refractivity contribution in [3.05, 3.63) is 119 Å². The monoisotopic (exact) mass is 471 g/mol. The molecule has 170 valence electrons. The zero-order chi connectivity index (χ0) is 23.7. The van der Waals surface area contributed by atoms with E-state index in [1.54, 1.807) is 18.5 Å². The van der Waals surface area contributed by atoms with Gasteiger partial charge in [-0.1, -0.05) is 60.7 Å². The van der Waals surface area contributed by atoms with E-state index >= 15 is 0 Å². The lowest BCUT2D eigenvalue weighted by molar-refractivity contribution is 0.0520. The van der Waals surface area contributed by atoms with Gasteiger partial charge in [0.15, 0.2) is 5.69 Å². The van der Waals surface area contributed by atoms with Crippen LogP contribution in [0.2, 0.25) is 0 Å². The zero-order valence-corrected chi connectivity index (χ0v) is 19.2. The van der Waals surface area contributed by atoms with E-state index in [4.69, 9.17) is 4.74 Å². The molecule has 1 N–H and O–H groups in total. The second-order valence-corrected chi connectivity index (χ2v) is 8.79. The average molecular weight is 472 g/mol. The average Bonchev–Trinajstić information content (AvgIpc) is 3.24. The predicted octanol–water partition coefficient (Wildman–Crippen LogP) is 3.88. The van der Waals surface area contributed by atoms with Crippen molar-refractivity contribution in [2.45, 2.75) is 19.4 Å². The Bertz CT molecular complexity index is 1480. The van der Waals surface area contributed by atoms with Gasteiger partial charge in [0.25, 0.3) is 5.56 Å². The molecule has 7 nitrogen and oxygen atoms in total. The first kappa shape index (κ1) is 21.8. The van der Waals surface area contributed by atoms with Gasteiger partial charge in [0.05, 0.1) is 13.2 Å². The van der Waals surface area contributed by atoms with Crippen LogP contribution in [-0.2, 0) is 11.3 Å². The first-order valence-electron chi connectivity index (χ1n) is 10.9. The molecule has 2 heterocycles. The SMILES string of the molecule is CCOC(=O)c1csc(Cn2cc(C3c4ccccc4C=Cc4ccccc43)c(=O)[nH]c2=O)n1. The molecule has 2 aromatic carbocycles. The molecule has 0 bridgehead atoms. The van der Waals surface area contributed by atoms with Gasteiger partial charge < -0.3 is 4.74 Å². The lowest BCUT2D eigenvalue weighted by Crippen LogP contribution is -2.33. The fourth-order valence-electron chi connectivity index (χ4n) is 4.21. The molecule has 0 aliphatic heterocycles. The van der Waals surface area contributed by atoms with Gasteiger partial charge >= 0.3 is 11.7 Å². The Labute approximate surface area is 199 Å². The van der Waals surface area contributed by atoms with Crippen molar-refractivity contribution in [3.63, 3.8) is 0 Å². The van der Waals surface area contributed by atoms with Gasteiger partial charge in [-0.3, -0.25) is 14.3 Å². The van der Waals surface area contributed by atoms with E-state index in [1.807, 2.05) is 60.7 Å². The van der Waals surface area contributed by atoms with Crippen molar-refractivity contribution in [2.24, 2.45) is 0 Å². The molecule has 4 aromatic rings. The van der Waals surface area contributed by atoms with E-state index in [-0.39, 0.29) is 24.8 Å². The molecule has 1 aliphatic carbocycles. The lowest BCUT2D eigenvalue weighted by Gasteiger charge is -2.21. The quantitative estimate of drug-likeness (QED) is 0.393. The number of hydrogen-bond donors (Lipinski definition) is 1. The molecule has 0 saturated carbocycles. The summed E-state index contributed by atoms with van der Waals surface area (Å²) in [5, 5.41) is 2.17. The maximum atomic E-state index is 13.1. The Morgan fingerprint density at radius 3 is 2.32 bits per heavy atom. The molecular formula is C26H21N3O4S. The van der Waals surface area contributed by atoms with Crippen LogP contribution < -0.4 is 11.2 Å². The highest BCUT2D eigenvalue weighted by atomic mass is 32.1. The number of carbonyl (C=O) groups excluding carboxylic acids is 1. The highest BCUT2D eigenvalue weighted by Crippen LogP contribution is 2.37. The Morgan fingerprint density at radius 2 is 1.68 bits per heavy atom. The summed E-state index contributed by atoms with van der Waals surface area (Å²) in [6.45, 7) is 2.11. The van der Waals surface area contributed by atoms with Crippen LogP contribution in [0.5, 0.6) is 0 Å². The number of ether oxygens (including phenoxy) is 1. The van der Waals surface area contributed by atoms with Crippen molar-refractivity contribution in [2.75, 3.05) is 6.61 Å². The third-order valence-corrected chi connectivity index (χ3v) is 6.58. The fraction of sp³-hybridized carbons (Fsp3) is 0.154. The fourth-order valence-corrected chi connectivity index (χ4v) is 4.97. The summed E-state index contributed by atoms with van der Waals surface area (Å²) in [6, 6.07) is 15.9. The van der Waals surface area contributed by atoms with Gasteiger partial charge in [-0.05, 0) is 29.2 Å². The van der Waals surface area contributed by atoms with Crippen LogP contribution in [0.1, 0.15) is 56.2 Å². The van der Waals surface area contributed by atoms with Crippen LogP contribution in [0.3, 0.4) is 0 Å². The first-order valence-corrected chi connectivity index (χ1v) is 11.7. The van der Waals surface area contributed by atoms with Crippen molar-refractivity contribution in [1.82, 2.24) is 14.5 Å². The zero-order valence-electron chi connectivity index (χ0n) is 18.4. The smallest absolute Gasteiger partial charge is 0.357 e. The third kappa shape index (κ3) is 4.04. The molecule has 8 heteroatoms. The van der Waals surface area contributed by atoms with Gasteiger partial charge in [0.2, 0.25) is 0 Å². The van der Waals surface area contributed by atoms with Crippen LogP contribution >= 0.6 is 11.3 Å². The minimum Gasteiger partial charge on any atom is -0.461 e. The van der Waals surface area contributed by atoms with Crippen LogP contribution in [0.15, 0.2) is 69.7 Å². The number of rotatable bonds is 5. The van der Waals surface area contributed by atoms with Gasteiger partial charge in [-0.2, -0.15) is 0 Å². The molecule has 34 heavy (non-hydrogen) atoms. The minimum atomic E-state index is -0.532. The van der Waals surface area contributed by atoms with E-state index in [1.165, 1.54) is 15.9 Å². The standard InChI is InChI=1S/C26H21N3O4S/c1-2-33-25(31)21-15-34-22(27-21)14-29-13-20(24(30)28-26(29)32)23-18-9-5-3-7-16(18)11-12-17-8-4-6-10-19(17)23/h3-13,15,23H,2,14H2,1H3,(H,28,30,32). The summed E-state index contributed by atoms with van der Waals surface area (Å²) in [5.41, 5.74) is 3.71. The van der Waals surface area contributed by atoms with Gasteiger partial charge in [0, 0.05) is 23.1 Å². The summed E-state index contributed by atoms with van der Waals surface area (Å²) in [6.07, 6.45) is 5.70. The van der Waals surface area contributed by atoms with E-state index in [0.717, 1.165) is 22.3 Å². The Hall–Kier alpha value is -4.04. The molecule has 0 amide bonds. The van der Waals surface area contributed by atoms with Crippen molar-refractivity contribution < 1.29 is 9.53 Å². The molecule has 5 rings (SSSR count). The lowest BCUT2D eigenvalue weighted by atomic mass is 9.83. The van der Waals surface area contributed by atoms with Crippen molar-refractivity contribution in [3.8, 4) is 0 Å². The van der Waals surface area contributed by atoms with E-state index in [9.17, 15) is 14.4 Å². The third-order valence-electron chi connectivity index (χ3n) is 5.75. The summed E-state index contributed by atoms with van der Waals surface area (Å²) in [4.78, 5) is 44.5. The number of hydrogen-bond acceptors (Lipinski definition) is 6. The van der Waals surface area contributed by atoms with E-state index < -0.39 is 17.2 Å². The maximum absolute atomic E-state index is 13.1. The first-order chi connectivity index (χ1) is 16.5. The van der Waals surface area contributed by atoms with Gasteiger partial charge in [-0.25, -0.2) is 14.6 Å². The molecule has 0 saturated heterocycles. The van der Waals surface area contributed by atoms with Crippen molar-refractivity contribution >= 4 is 29.5 Å². The number of fused-ring (bicyclic) bond motifs is 2. The topological polar surface area (TPSA) is 94.0 Å². The van der Waals surface area contributed by atoms with Gasteiger partial charge in [-0.15, -0.1) is 11.3 Å². The van der Waals surface area contributed by atoms with Crippen LogP contribution in [0, 0.1) is 0 Å². The normalized spacial score (nSPS) is 12.6. The molecule has 1 aliphatic rings. The Balaban J connectivity index is 1.60. The van der Waals surface area contributed by atoms with Crippen LogP contribution in [-0.4, -0.2) is 27.1 Å². The molecule has 0 atom stereocenters. The highest BCUT2D eigenvalue weighted by Gasteiger charge is 2.26. The Morgan fingerprint density at radius 1 is 1.03 bits per heavy atom. The van der Waals surface area contributed by atoms with Crippen LogP contribution in [0.4, 0.5) is 0 Å². The number of benzene rings is 2. The van der Waals surface area contributed by atoms with Crippen molar-refractivity contribution in [1.29, 1.82) is 0 Å². The number of carbonyl (C=O) groups is 1. The summed E-state index contributed by atoms with van der Waals surface area (Å²) < 4.78 is 6.42. The summed E-state index contributed by atoms with van der Waals surface area (Å²) in [5.74, 6) is -0.858. The number of thiazole rings is 1. The van der Waals surface area contributed by atoms with E-state index in [0.29, 0.717) is 10.6 Å². The molecule has 0 unspecified atom stereocenters. The number of nitrogens with one attached hydrogen (secondary N) is 1. The van der Waals surface area contributed by atoms with Crippen LogP contribution in [0.25, 0.3) is 12.2 Å². The molecule has 2 aromatic heterocycles. The van der Waals surface area contributed by atoms with Gasteiger partial charge in [0.1, 0.15) is 5.01 Å². The summed E-state index contributed by atoms with van der Waals surface area (Å²) in [7, 11) is 0. The maximum Gasteiger partial charge on any atom is 0.357 e. The number of aromatic amines is 1. The molecule has 0 fully saturated rings. The predicted molar refractivity (Wildman–Crippen MR) is 131 cm³/mol. The number of H-pyrrole nitrogens is 1. The second kappa shape index (κ2) is 9.07. The second-order valence-electron chi connectivity index (χ2n) is 7.84. The minimum absolute atomic E-state index is 0.126.